The van der Waals surface area contributed by atoms with Crippen LogP contribution in [-0.4, -0.2) is 148 Å². The van der Waals surface area contributed by atoms with Crippen LogP contribution in [-0.2, 0) is 35.3 Å². The van der Waals surface area contributed by atoms with Gasteiger partial charge in [-0.25, -0.2) is 19.3 Å². The van der Waals surface area contributed by atoms with E-state index in [9.17, 15) is 24.3 Å². The Balaban J connectivity index is 1.18. The molecule has 3 aliphatic heterocycles. The number of aromatic nitrogens is 6. The zero-order valence-corrected chi connectivity index (χ0v) is 30.0. The highest BCUT2D eigenvalue weighted by atomic mass is 32.2. The van der Waals surface area contributed by atoms with E-state index < -0.39 is 53.4 Å². The number of carbonyl (C=O) groups is 4. The predicted octanol–water partition coefficient (Wildman–Crippen LogP) is -0.821. The molecule has 2 aromatic rings. The van der Waals surface area contributed by atoms with Gasteiger partial charge in [0, 0.05) is 62.3 Å². The van der Waals surface area contributed by atoms with Gasteiger partial charge in [0.1, 0.15) is 22.7 Å². The highest BCUT2D eigenvalue weighted by Gasteiger charge is 2.54. The lowest BCUT2D eigenvalue weighted by molar-refractivity contribution is -0.165. The van der Waals surface area contributed by atoms with Crippen LogP contribution in [0.2, 0.25) is 0 Å². The van der Waals surface area contributed by atoms with Crippen molar-refractivity contribution in [1.29, 1.82) is 0 Å². The highest BCUT2D eigenvalue weighted by Crippen LogP contribution is 2.41. The van der Waals surface area contributed by atoms with E-state index in [1.165, 1.54) is 28.4 Å². The van der Waals surface area contributed by atoms with Crippen molar-refractivity contribution in [2.45, 2.75) is 62.0 Å². The van der Waals surface area contributed by atoms with Gasteiger partial charge in [0.15, 0.2) is 23.6 Å². The van der Waals surface area contributed by atoms with E-state index in [1.807, 2.05) is 0 Å². The fraction of sp³-hybridized carbons (Fsp3) is 0.667. The lowest BCUT2D eigenvalue weighted by Crippen LogP contribution is -2.71. The molecule has 22 heteroatoms. The van der Waals surface area contributed by atoms with Gasteiger partial charge in [-0.15, -0.1) is 16.9 Å². The lowest BCUT2D eigenvalue weighted by Gasteiger charge is -2.49. The second-order valence-electron chi connectivity index (χ2n) is 12.5. The Morgan fingerprint density at radius 2 is 1.94 bits per heavy atom. The number of likely N-dealkylation sites (N-methyl/N-ethyl adjacent to an activating group) is 1. The Kier molecular flexibility index (Phi) is 12.1. The molecule has 3 atom stereocenters. The summed E-state index contributed by atoms with van der Waals surface area (Å²) in [5.41, 5.74) is 7.86. The average Bonchev–Trinajstić information content (AvgIpc) is 3.68. The minimum Gasteiger partial charge on any atom is -0.477 e. The number of hydroxylamine groups is 1. The molecule has 0 aliphatic carbocycles. The molecular weight excluding hydrogens is 701 g/mol. The number of nitrogens with two attached hydrogens (primary N) is 1. The number of β-lactam (4-membered cyclic amide) rings is 1. The Morgan fingerprint density at radius 1 is 1.18 bits per heavy atom. The minimum absolute atomic E-state index is 0.0313. The zero-order chi connectivity index (χ0) is 35.3. The van der Waals surface area contributed by atoms with Crippen LogP contribution in [0.5, 0.6) is 0 Å². The molecule has 19 nitrogen and oxygen atoms in total. The molecule has 0 aromatic carbocycles. The van der Waals surface area contributed by atoms with Crippen molar-refractivity contribution >= 4 is 63.9 Å². The maximum absolute atomic E-state index is 13.4. The third-order valence-corrected chi connectivity index (χ3v) is 10.6. The Morgan fingerprint density at radius 3 is 2.61 bits per heavy atom. The molecular formula is C27H40N12O7S3. The number of esters is 1. The van der Waals surface area contributed by atoms with Gasteiger partial charge in [0.05, 0.1) is 0 Å². The van der Waals surface area contributed by atoms with Crippen molar-refractivity contribution < 1.29 is 33.9 Å². The number of piperazine rings is 1. The number of nitrogens with zero attached hydrogens (tertiary/aromatic N) is 9. The number of thioether (sulfide) groups is 2. The number of carboxylic acids is 1. The molecule has 0 saturated carbocycles. The minimum atomic E-state index is -1.33. The number of hydrogen-bond acceptors (Lipinski definition) is 18. The van der Waals surface area contributed by atoms with Crippen LogP contribution in [0.25, 0.3) is 0 Å². The van der Waals surface area contributed by atoms with Crippen LogP contribution in [0.3, 0.4) is 0 Å². The van der Waals surface area contributed by atoms with Crippen LogP contribution in [0.4, 0.5) is 5.13 Å². The smallest absolute Gasteiger partial charge is 0.352 e. The number of nitrogen functional groups attached to an aromatic ring is 1. The largest absolute Gasteiger partial charge is 0.477 e. The van der Waals surface area contributed by atoms with Crippen molar-refractivity contribution in [1.82, 2.24) is 55.1 Å². The first-order valence-corrected chi connectivity index (χ1v) is 18.3. The van der Waals surface area contributed by atoms with Crippen molar-refractivity contribution in [3.8, 4) is 0 Å². The van der Waals surface area contributed by atoms with E-state index in [0.29, 0.717) is 23.0 Å². The molecule has 0 radical (unpaired) electrons. The molecule has 5 N–H and O–H groups in total. The van der Waals surface area contributed by atoms with Crippen molar-refractivity contribution in [2.75, 3.05) is 63.6 Å². The van der Waals surface area contributed by atoms with Gasteiger partial charge in [-0.1, -0.05) is 11.8 Å². The molecule has 2 aromatic heterocycles. The van der Waals surface area contributed by atoms with Gasteiger partial charge in [0.25, 0.3) is 5.91 Å². The fourth-order valence-electron chi connectivity index (χ4n) is 5.28. The van der Waals surface area contributed by atoms with Crippen LogP contribution < -0.4 is 16.5 Å². The number of fused-ring (bicyclic) bond motifs is 1. The first-order chi connectivity index (χ1) is 23.3. The quantitative estimate of drug-likeness (QED) is 0.0755. The number of amides is 2. The average molecular weight is 741 g/mol. The standard InChI is InChI=1S/C27H40N12O7S3/c1-27(2,3)46-16(40)12-45-32-17(20-30-25(28)49-33-20)21(41)29-18-22(42)39-19(24(43)44)15(13-47-23(18)39)14-48-26-31-34-35-38(26)7-5-6-37-10-8-36(4)9-11-37/h17-18,23,32H,5-14H2,1-4H3,(H,29,41)(H,43,44)(H2,28,30,33)/t17?,18?,23-/m1/s1. The SMILES string of the molecule is CN1CCN(CCCn2nnnc2SCC2=C(C(=O)O)N3C(=O)C(NC(=O)C(NOCC(=O)OC(C)(C)C)c4nsc(N)n4)[C@H]3SC2)CC1. The maximum Gasteiger partial charge on any atom is 0.352 e. The van der Waals surface area contributed by atoms with E-state index in [2.05, 4.69) is 52.5 Å². The van der Waals surface area contributed by atoms with Gasteiger partial charge in [-0.05, 0) is 50.2 Å². The third-order valence-electron chi connectivity index (χ3n) is 7.65. The van der Waals surface area contributed by atoms with Gasteiger partial charge in [-0.3, -0.25) is 19.3 Å². The van der Waals surface area contributed by atoms with E-state index in [-0.39, 0.29) is 22.4 Å². The summed E-state index contributed by atoms with van der Waals surface area (Å²) in [4.78, 5) is 66.4. The monoisotopic (exact) mass is 740 g/mol. The summed E-state index contributed by atoms with van der Waals surface area (Å²) in [6.07, 6.45) is 0.871. The normalized spacial score (nSPS) is 20.9. The number of rotatable bonds is 15. The summed E-state index contributed by atoms with van der Waals surface area (Å²) in [6.45, 7) is 10.3. The Hall–Kier alpha value is -3.41. The molecule has 3 aliphatic rings. The lowest BCUT2D eigenvalue weighted by atomic mass is 10.0. The van der Waals surface area contributed by atoms with E-state index in [4.69, 9.17) is 15.3 Å². The molecule has 2 saturated heterocycles. The molecule has 49 heavy (non-hydrogen) atoms. The molecule has 268 valence electrons. The fourth-order valence-corrected chi connectivity index (χ4v) is 8.14. The number of hydrogen-bond donors (Lipinski definition) is 4. The molecule has 2 fully saturated rings. The topological polar surface area (TPSA) is 236 Å². The van der Waals surface area contributed by atoms with E-state index >= 15 is 0 Å². The first-order valence-electron chi connectivity index (χ1n) is 15.5. The number of aliphatic carboxylic acids is 1. The number of carbonyl (C=O) groups excluding carboxylic acids is 3. The second-order valence-corrected chi connectivity index (χ2v) is 15.4. The molecule has 5 heterocycles. The molecule has 2 unspecified atom stereocenters. The van der Waals surface area contributed by atoms with Gasteiger partial charge in [0.2, 0.25) is 11.1 Å². The first kappa shape index (κ1) is 36.9. The second kappa shape index (κ2) is 16.1. The highest BCUT2D eigenvalue weighted by molar-refractivity contribution is 8.01. The summed E-state index contributed by atoms with van der Waals surface area (Å²) in [5, 5.41) is 24.8. The zero-order valence-electron chi connectivity index (χ0n) is 27.5. The number of ether oxygens (including phenoxy) is 1. The van der Waals surface area contributed by atoms with Gasteiger partial charge in [-0.2, -0.15) is 9.85 Å². The summed E-state index contributed by atoms with van der Waals surface area (Å²) < 4.78 is 11.0. The Labute approximate surface area is 294 Å². The van der Waals surface area contributed by atoms with Crippen molar-refractivity contribution in [3.05, 3.63) is 17.1 Å². The van der Waals surface area contributed by atoms with Crippen LogP contribution in [0, 0.1) is 0 Å². The summed E-state index contributed by atoms with van der Waals surface area (Å²) in [7, 11) is 2.12. The molecule has 5 rings (SSSR count). The number of aryl methyl sites for hydroxylation is 1. The predicted molar refractivity (Wildman–Crippen MR) is 179 cm³/mol. The molecule has 0 bridgehead atoms. The molecule has 0 spiro atoms. The number of anilines is 1. The summed E-state index contributed by atoms with van der Waals surface area (Å²) in [5.74, 6) is -2.70. The third kappa shape index (κ3) is 9.43. The molecule has 2 amide bonds. The summed E-state index contributed by atoms with van der Waals surface area (Å²) >= 11 is 3.49. The number of nitrogens with one attached hydrogen (secondary N) is 2. The van der Waals surface area contributed by atoms with Crippen LogP contribution >= 0.6 is 35.1 Å². The maximum atomic E-state index is 13.4. The van der Waals surface area contributed by atoms with Crippen LogP contribution in [0.1, 0.15) is 39.1 Å². The van der Waals surface area contributed by atoms with Crippen molar-refractivity contribution in [3.63, 3.8) is 0 Å². The van der Waals surface area contributed by atoms with Gasteiger partial charge < -0.3 is 30.7 Å². The van der Waals surface area contributed by atoms with Crippen LogP contribution in [0.15, 0.2) is 16.4 Å². The van der Waals surface area contributed by atoms with E-state index in [1.54, 1.807) is 25.5 Å². The Bertz CT molecular complexity index is 1560. The van der Waals surface area contributed by atoms with E-state index in [0.717, 1.165) is 50.7 Å². The number of tetrazole rings is 1. The number of carboxylic acid groups (broad SMARTS) is 1. The summed E-state index contributed by atoms with van der Waals surface area (Å²) in [6, 6.07) is -2.36. The van der Waals surface area contributed by atoms with Gasteiger partial charge >= 0.3 is 11.9 Å². The van der Waals surface area contributed by atoms with Crippen molar-refractivity contribution in [2.24, 2.45) is 0 Å².